The van der Waals surface area contributed by atoms with Crippen LogP contribution in [0.25, 0.3) is 0 Å². The highest BCUT2D eigenvalue weighted by Gasteiger charge is 2.27. The van der Waals surface area contributed by atoms with E-state index in [9.17, 15) is 18.4 Å². The van der Waals surface area contributed by atoms with E-state index in [0.717, 1.165) is 29.8 Å². The molecule has 6 heteroatoms. The first-order chi connectivity index (χ1) is 12.0. The number of rotatable bonds is 5. The standard InChI is InChI=1S/C19H18F2N2O2/c1-2-7-23-17-6-4-12(8-14(17)9-18(23)24)19(25)22-11-13-3-5-15(20)10-16(13)21/h3-6,8,10H,2,7,9,11H2,1H3,(H,22,25). The molecule has 0 spiro atoms. The lowest BCUT2D eigenvalue weighted by molar-refractivity contribution is -0.117. The summed E-state index contributed by atoms with van der Waals surface area (Å²) in [5.41, 5.74) is 2.28. The third-order valence-corrected chi connectivity index (χ3v) is 4.18. The number of amides is 2. The first-order valence-corrected chi connectivity index (χ1v) is 8.15. The van der Waals surface area contributed by atoms with Crippen molar-refractivity contribution >= 4 is 17.5 Å². The Morgan fingerprint density at radius 3 is 2.72 bits per heavy atom. The molecule has 3 rings (SSSR count). The van der Waals surface area contributed by atoms with Crippen LogP contribution in [-0.2, 0) is 17.8 Å². The molecule has 0 radical (unpaired) electrons. The smallest absolute Gasteiger partial charge is 0.251 e. The highest BCUT2D eigenvalue weighted by molar-refractivity contribution is 6.03. The van der Waals surface area contributed by atoms with Gasteiger partial charge < -0.3 is 10.2 Å². The molecule has 0 atom stereocenters. The highest BCUT2D eigenvalue weighted by atomic mass is 19.1. The lowest BCUT2D eigenvalue weighted by Gasteiger charge is -2.16. The van der Waals surface area contributed by atoms with Gasteiger partial charge in [0, 0.05) is 36.0 Å². The van der Waals surface area contributed by atoms with Crippen molar-refractivity contribution in [1.29, 1.82) is 0 Å². The number of nitrogens with one attached hydrogen (secondary N) is 1. The number of carbonyl (C=O) groups is 2. The maximum Gasteiger partial charge on any atom is 0.251 e. The third kappa shape index (κ3) is 3.52. The molecule has 130 valence electrons. The Morgan fingerprint density at radius 2 is 2.00 bits per heavy atom. The predicted octanol–water partition coefficient (Wildman–Crippen LogP) is 3.19. The number of nitrogens with zero attached hydrogens (tertiary/aromatic N) is 1. The summed E-state index contributed by atoms with van der Waals surface area (Å²) in [5, 5.41) is 2.61. The van der Waals surface area contributed by atoms with Gasteiger partial charge in [0.05, 0.1) is 6.42 Å². The van der Waals surface area contributed by atoms with E-state index in [0.29, 0.717) is 12.1 Å². The molecule has 2 aromatic rings. The molecule has 1 aliphatic rings. The maximum absolute atomic E-state index is 13.6. The zero-order chi connectivity index (χ0) is 18.0. The SMILES string of the molecule is CCCN1C(=O)Cc2cc(C(=O)NCc3ccc(F)cc3F)ccc21. The van der Waals surface area contributed by atoms with Gasteiger partial charge in [-0.2, -0.15) is 0 Å². The second kappa shape index (κ2) is 7.01. The molecule has 1 aliphatic heterocycles. The van der Waals surface area contributed by atoms with Gasteiger partial charge in [-0.25, -0.2) is 8.78 Å². The van der Waals surface area contributed by atoms with Gasteiger partial charge >= 0.3 is 0 Å². The molecule has 0 aromatic heterocycles. The second-order valence-corrected chi connectivity index (χ2v) is 5.98. The average Bonchev–Trinajstić information content (AvgIpc) is 2.89. The molecule has 2 aromatic carbocycles. The lowest BCUT2D eigenvalue weighted by atomic mass is 10.1. The lowest BCUT2D eigenvalue weighted by Crippen LogP contribution is -2.27. The van der Waals surface area contributed by atoms with Crippen LogP contribution in [0.5, 0.6) is 0 Å². The van der Waals surface area contributed by atoms with Crippen LogP contribution >= 0.6 is 0 Å². The molecule has 25 heavy (non-hydrogen) atoms. The monoisotopic (exact) mass is 344 g/mol. The second-order valence-electron chi connectivity index (χ2n) is 5.98. The maximum atomic E-state index is 13.6. The van der Waals surface area contributed by atoms with Gasteiger partial charge in [-0.15, -0.1) is 0 Å². The summed E-state index contributed by atoms with van der Waals surface area (Å²) in [6.45, 7) is 2.62. The topological polar surface area (TPSA) is 49.4 Å². The van der Waals surface area contributed by atoms with Gasteiger partial charge in [-0.05, 0) is 36.2 Å². The number of halogens is 2. The fraction of sp³-hybridized carbons (Fsp3) is 0.263. The van der Waals surface area contributed by atoms with Crippen LogP contribution in [0.15, 0.2) is 36.4 Å². The number of carbonyl (C=O) groups excluding carboxylic acids is 2. The molecule has 0 saturated heterocycles. The van der Waals surface area contributed by atoms with Crippen molar-refractivity contribution in [3.05, 3.63) is 64.7 Å². The van der Waals surface area contributed by atoms with Crippen molar-refractivity contribution in [2.24, 2.45) is 0 Å². The van der Waals surface area contributed by atoms with Gasteiger partial charge in [0.1, 0.15) is 11.6 Å². The number of anilines is 1. The van der Waals surface area contributed by atoms with Crippen LogP contribution in [0, 0.1) is 11.6 Å². The Balaban J connectivity index is 1.71. The quantitative estimate of drug-likeness (QED) is 0.906. The summed E-state index contributed by atoms with van der Waals surface area (Å²) in [4.78, 5) is 26.0. The van der Waals surface area contributed by atoms with Gasteiger partial charge in [-0.1, -0.05) is 13.0 Å². The summed E-state index contributed by atoms with van der Waals surface area (Å²) in [6.07, 6.45) is 1.14. The molecule has 1 N–H and O–H groups in total. The predicted molar refractivity (Wildman–Crippen MR) is 90.3 cm³/mol. The van der Waals surface area contributed by atoms with Crippen LogP contribution in [0.4, 0.5) is 14.5 Å². The molecule has 4 nitrogen and oxygen atoms in total. The van der Waals surface area contributed by atoms with Crippen molar-refractivity contribution in [2.75, 3.05) is 11.4 Å². The minimum absolute atomic E-state index is 0.0304. The minimum Gasteiger partial charge on any atom is -0.348 e. The van der Waals surface area contributed by atoms with Crippen molar-refractivity contribution in [3.8, 4) is 0 Å². The molecular formula is C19H18F2N2O2. The van der Waals surface area contributed by atoms with E-state index in [-0.39, 0.29) is 30.3 Å². The van der Waals surface area contributed by atoms with E-state index in [4.69, 9.17) is 0 Å². The van der Waals surface area contributed by atoms with Crippen LogP contribution in [0.1, 0.15) is 34.8 Å². The zero-order valence-electron chi connectivity index (χ0n) is 13.8. The Bertz CT molecular complexity index is 836. The third-order valence-electron chi connectivity index (χ3n) is 4.18. The number of hydrogen-bond donors (Lipinski definition) is 1. The Morgan fingerprint density at radius 1 is 1.20 bits per heavy atom. The Labute approximate surface area is 144 Å². The number of benzene rings is 2. The summed E-state index contributed by atoms with van der Waals surface area (Å²) < 4.78 is 26.5. The largest absolute Gasteiger partial charge is 0.348 e. The van der Waals surface area contributed by atoms with Gasteiger partial charge in [0.15, 0.2) is 0 Å². The number of hydrogen-bond acceptors (Lipinski definition) is 2. The summed E-state index contributed by atoms with van der Waals surface area (Å²) in [7, 11) is 0. The van der Waals surface area contributed by atoms with Crippen LogP contribution in [-0.4, -0.2) is 18.4 Å². The fourth-order valence-corrected chi connectivity index (χ4v) is 2.94. The first kappa shape index (κ1) is 17.1. The van der Waals surface area contributed by atoms with Gasteiger partial charge in [0.25, 0.3) is 5.91 Å². The summed E-state index contributed by atoms with van der Waals surface area (Å²) in [6, 6.07) is 8.34. The molecule has 0 bridgehead atoms. The first-order valence-electron chi connectivity index (χ1n) is 8.15. The van der Waals surface area contributed by atoms with Crippen molar-refractivity contribution in [3.63, 3.8) is 0 Å². The summed E-state index contributed by atoms with van der Waals surface area (Å²) >= 11 is 0. The molecule has 0 fully saturated rings. The zero-order valence-corrected chi connectivity index (χ0v) is 13.8. The highest BCUT2D eigenvalue weighted by Crippen LogP contribution is 2.29. The van der Waals surface area contributed by atoms with E-state index >= 15 is 0 Å². The molecule has 1 heterocycles. The van der Waals surface area contributed by atoms with E-state index in [1.54, 1.807) is 23.1 Å². The van der Waals surface area contributed by atoms with Gasteiger partial charge in [-0.3, -0.25) is 9.59 Å². The Hall–Kier alpha value is -2.76. The normalized spacial score (nSPS) is 13.1. The number of fused-ring (bicyclic) bond motifs is 1. The molecule has 2 amide bonds. The molecule has 0 saturated carbocycles. The average molecular weight is 344 g/mol. The van der Waals surface area contributed by atoms with Gasteiger partial charge in [0.2, 0.25) is 5.91 Å². The molecular weight excluding hydrogens is 326 g/mol. The fourth-order valence-electron chi connectivity index (χ4n) is 2.94. The van der Waals surface area contributed by atoms with E-state index in [1.807, 2.05) is 6.92 Å². The molecule has 0 aliphatic carbocycles. The van der Waals surface area contributed by atoms with E-state index < -0.39 is 11.6 Å². The van der Waals surface area contributed by atoms with Crippen LogP contribution in [0.2, 0.25) is 0 Å². The van der Waals surface area contributed by atoms with Crippen LogP contribution < -0.4 is 10.2 Å². The summed E-state index contributed by atoms with van der Waals surface area (Å²) in [5.74, 6) is -1.70. The van der Waals surface area contributed by atoms with Crippen molar-refractivity contribution in [2.45, 2.75) is 26.3 Å². The van der Waals surface area contributed by atoms with E-state index in [1.165, 1.54) is 6.07 Å². The van der Waals surface area contributed by atoms with Crippen LogP contribution in [0.3, 0.4) is 0 Å². The molecule has 0 unspecified atom stereocenters. The Kier molecular flexibility index (Phi) is 4.79. The van der Waals surface area contributed by atoms with Crippen molar-refractivity contribution in [1.82, 2.24) is 5.32 Å². The van der Waals surface area contributed by atoms with E-state index in [2.05, 4.69) is 5.32 Å². The minimum atomic E-state index is -0.699. The van der Waals surface area contributed by atoms with Crippen molar-refractivity contribution < 1.29 is 18.4 Å².